The molecule has 1 aliphatic carbocycles. The first-order valence-electron chi connectivity index (χ1n) is 6.37. The van der Waals surface area contributed by atoms with Crippen molar-refractivity contribution in [2.24, 2.45) is 0 Å². The van der Waals surface area contributed by atoms with Gasteiger partial charge < -0.3 is 4.90 Å². The standard InChI is InChI=1S/C14H16BrClFNO/c1-18(12-8-3-2-6-10(12)16)14(19)9-5-4-7-11(17)13(9)15/h4-5,7,10,12H,2-3,6,8H2,1H3. The predicted octanol–water partition coefficient (Wildman–Crippen LogP) is 4.21. The van der Waals surface area contributed by atoms with E-state index in [0.29, 0.717) is 5.56 Å². The highest BCUT2D eigenvalue weighted by Gasteiger charge is 2.30. The van der Waals surface area contributed by atoms with Gasteiger partial charge in [-0.15, -0.1) is 11.6 Å². The van der Waals surface area contributed by atoms with Gasteiger partial charge in [0.15, 0.2) is 0 Å². The molecule has 1 aromatic carbocycles. The van der Waals surface area contributed by atoms with E-state index in [9.17, 15) is 9.18 Å². The van der Waals surface area contributed by atoms with E-state index in [1.54, 1.807) is 24.1 Å². The Balaban J connectivity index is 2.21. The van der Waals surface area contributed by atoms with Crippen LogP contribution in [0.15, 0.2) is 22.7 Å². The highest BCUT2D eigenvalue weighted by Crippen LogP contribution is 2.29. The van der Waals surface area contributed by atoms with Crippen LogP contribution in [0, 0.1) is 5.82 Å². The maximum atomic E-state index is 13.5. The molecule has 2 unspecified atom stereocenters. The van der Waals surface area contributed by atoms with Gasteiger partial charge in [0.2, 0.25) is 0 Å². The van der Waals surface area contributed by atoms with Crippen LogP contribution < -0.4 is 0 Å². The number of alkyl halides is 1. The van der Waals surface area contributed by atoms with Crippen LogP contribution in [0.25, 0.3) is 0 Å². The van der Waals surface area contributed by atoms with Gasteiger partial charge in [0.25, 0.3) is 5.91 Å². The molecule has 0 N–H and O–H groups in total. The van der Waals surface area contributed by atoms with Gasteiger partial charge >= 0.3 is 0 Å². The molecule has 1 saturated carbocycles. The third kappa shape index (κ3) is 3.11. The summed E-state index contributed by atoms with van der Waals surface area (Å²) in [4.78, 5) is 14.1. The van der Waals surface area contributed by atoms with E-state index in [2.05, 4.69) is 15.9 Å². The number of benzene rings is 1. The van der Waals surface area contributed by atoms with Crippen molar-refractivity contribution in [1.82, 2.24) is 4.90 Å². The number of amides is 1. The third-order valence-electron chi connectivity index (χ3n) is 3.65. The average molecular weight is 349 g/mol. The lowest BCUT2D eigenvalue weighted by Gasteiger charge is -2.35. The Bertz CT molecular complexity index is 483. The minimum atomic E-state index is -0.426. The van der Waals surface area contributed by atoms with Crippen molar-refractivity contribution >= 4 is 33.4 Å². The van der Waals surface area contributed by atoms with Crippen molar-refractivity contribution in [3.8, 4) is 0 Å². The number of halogens is 3. The first-order valence-corrected chi connectivity index (χ1v) is 7.60. The second kappa shape index (κ2) is 6.23. The van der Waals surface area contributed by atoms with Crippen LogP contribution in [0.5, 0.6) is 0 Å². The molecular weight excluding hydrogens is 333 g/mol. The summed E-state index contributed by atoms with van der Waals surface area (Å²) < 4.78 is 13.7. The maximum absolute atomic E-state index is 13.5. The van der Waals surface area contributed by atoms with Crippen LogP contribution in [0.4, 0.5) is 4.39 Å². The van der Waals surface area contributed by atoms with Gasteiger partial charge in [0.05, 0.1) is 15.4 Å². The van der Waals surface area contributed by atoms with E-state index in [4.69, 9.17) is 11.6 Å². The molecule has 0 heterocycles. The Kier molecular flexibility index (Phi) is 4.85. The number of hydrogen-bond donors (Lipinski definition) is 0. The van der Waals surface area contributed by atoms with Gasteiger partial charge in [-0.3, -0.25) is 4.79 Å². The van der Waals surface area contributed by atoms with Crippen molar-refractivity contribution in [3.05, 3.63) is 34.1 Å². The number of carbonyl (C=O) groups excluding carboxylic acids is 1. The molecule has 104 valence electrons. The molecule has 19 heavy (non-hydrogen) atoms. The quantitative estimate of drug-likeness (QED) is 0.733. The second-order valence-corrected chi connectivity index (χ2v) is 6.24. The Morgan fingerprint density at radius 1 is 1.42 bits per heavy atom. The smallest absolute Gasteiger partial charge is 0.255 e. The van der Waals surface area contributed by atoms with Crippen LogP contribution >= 0.6 is 27.5 Å². The maximum Gasteiger partial charge on any atom is 0.255 e. The highest BCUT2D eigenvalue weighted by molar-refractivity contribution is 9.10. The molecule has 1 amide bonds. The minimum absolute atomic E-state index is 0.0185. The van der Waals surface area contributed by atoms with Gasteiger partial charge in [-0.25, -0.2) is 4.39 Å². The molecule has 5 heteroatoms. The van der Waals surface area contributed by atoms with Gasteiger partial charge in [-0.2, -0.15) is 0 Å². The van der Waals surface area contributed by atoms with Gasteiger partial charge in [-0.1, -0.05) is 18.9 Å². The van der Waals surface area contributed by atoms with Crippen LogP contribution in [0.3, 0.4) is 0 Å². The molecule has 0 aromatic heterocycles. The van der Waals surface area contributed by atoms with Crippen molar-refractivity contribution < 1.29 is 9.18 Å². The van der Waals surface area contributed by atoms with Crippen molar-refractivity contribution in [2.75, 3.05) is 7.05 Å². The lowest BCUT2D eigenvalue weighted by Crippen LogP contribution is -2.44. The van der Waals surface area contributed by atoms with Crippen LogP contribution in [0.1, 0.15) is 36.0 Å². The average Bonchev–Trinajstić information content (AvgIpc) is 2.41. The van der Waals surface area contributed by atoms with Crippen LogP contribution in [-0.2, 0) is 0 Å². The third-order valence-corrected chi connectivity index (χ3v) is 4.96. The number of rotatable bonds is 2. The van der Waals surface area contributed by atoms with E-state index in [-0.39, 0.29) is 21.8 Å². The molecule has 1 fully saturated rings. The largest absolute Gasteiger partial charge is 0.337 e. The fourth-order valence-corrected chi connectivity index (χ4v) is 3.40. The number of nitrogens with zero attached hydrogens (tertiary/aromatic N) is 1. The van der Waals surface area contributed by atoms with Gasteiger partial charge in [0.1, 0.15) is 5.82 Å². The molecule has 2 nitrogen and oxygen atoms in total. The normalized spacial score (nSPS) is 23.2. The van der Waals surface area contributed by atoms with Crippen molar-refractivity contribution in [1.29, 1.82) is 0 Å². The first-order chi connectivity index (χ1) is 9.02. The minimum Gasteiger partial charge on any atom is -0.337 e. The van der Waals surface area contributed by atoms with Crippen molar-refractivity contribution in [3.63, 3.8) is 0 Å². The Labute approximate surface area is 126 Å². The van der Waals surface area contributed by atoms with E-state index in [1.165, 1.54) is 6.07 Å². The molecule has 1 aliphatic rings. The Morgan fingerprint density at radius 2 is 2.11 bits per heavy atom. The fourth-order valence-electron chi connectivity index (χ4n) is 2.51. The topological polar surface area (TPSA) is 20.3 Å². The molecule has 0 spiro atoms. The summed E-state index contributed by atoms with van der Waals surface area (Å²) >= 11 is 9.43. The summed E-state index contributed by atoms with van der Waals surface area (Å²) in [6.07, 6.45) is 4.02. The fraction of sp³-hybridized carbons (Fsp3) is 0.500. The van der Waals surface area contributed by atoms with Crippen LogP contribution in [0.2, 0.25) is 0 Å². The van der Waals surface area contributed by atoms with E-state index in [1.807, 2.05) is 0 Å². The molecule has 1 aromatic rings. The summed E-state index contributed by atoms with van der Waals surface area (Å²) in [5.41, 5.74) is 0.344. The molecule has 0 bridgehead atoms. The Morgan fingerprint density at radius 3 is 2.79 bits per heavy atom. The Hall–Kier alpha value is -0.610. The summed E-state index contributed by atoms with van der Waals surface area (Å²) in [5.74, 6) is -0.616. The van der Waals surface area contributed by atoms with Gasteiger partial charge in [0, 0.05) is 13.1 Å². The summed E-state index contributed by atoms with van der Waals surface area (Å²) in [5, 5.41) is -0.0185. The molecule has 0 saturated heterocycles. The molecule has 0 radical (unpaired) electrons. The molecule has 2 rings (SSSR count). The lowest BCUT2D eigenvalue weighted by atomic mass is 9.93. The monoisotopic (exact) mass is 347 g/mol. The molecule has 2 atom stereocenters. The van der Waals surface area contributed by atoms with Crippen molar-refractivity contribution in [2.45, 2.75) is 37.1 Å². The van der Waals surface area contributed by atoms with E-state index >= 15 is 0 Å². The molecule has 0 aliphatic heterocycles. The van der Waals surface area contributed by atoms with Gasteiger partial charge in [-0.05, 0) is 40.9 Å². The zero-order valence-corrected chi connectivity index (χ0v) is 13.0. The first kappa shape index (κ1) is 14.8. The zero-order valence-electron chi connectivity index (χ0n) is 10.7. The van der Waals surface area contributed by atoms with E-state index in [0.717, 1.165) is 25.7 Å². The highest BCUT2D eigenvalue weighted by atomic mass is 79.9. The molecular formula is C14H16BrClFNO. The van der Waals surface area contributed by atoms with Crippen LogP contribution in [-0.4, -0.2) is 29.3 Å². The number of carbonyl (C=O) groups is 1. The van der Waals surface area contributed by atoms with E-state index < -0.39 is 5.82 Å². The second-order valence-electron chi connectivity index (χ2n) is 4.89. The lowest BCUT2D eigenvalue weighted by molar-refractivity contribution is 0.0699. The predicted molar refractivity (Wildman–Crippen MR) is 78.1 cm³/mol. The zero-order chi connectivity index (χ0) is 14.0. The summed E-state index contributed by atoms with van der Waals surface area (Å²) in [6, 6.07) is 4.52. The summed E-state index contributed by atoms with van der Waals surface area (Å²) in [6.45, 7) is 0. The summed E-state index contributed by atoms with van der Waals surface area (Å²) in [7, 11) is 1.74. The SMILES string of the molecule is CN(C(=O)c1cccc(F)c1Br)C1CCCCC1Cl. The number of hydrogen-bond acceptors (Lipinski definition) is 1.